The van der Waals surface area contributed by atoms with E-state index >= 15 is 0 Å². The van der Waals surface area contributed by atoms with Crippen LogP contribution in [0, 0.1) is 0 Å². The number of nitrogens with zero attached hydrogens (tertiary/aromatic N) is 2. The van der Waals surface area contributed by atoms with Gasteiger partial charge in [-0.25, -0.2) is 0 Å². The molecule has 15 heavy (non-hydrogen) atoms. The van der Waals surface area contributed by atoms with Crippen LogP contribution in [0.2, 0.25) is 0 Å². The number of hydrogen-bond acceptors (Lipinski definition) is 1. The number of halogens is 3. The second kappa shape index (κ2) is 3.83. The van der Waals surface area contributed by atoms with Crippen LogP contribution >= 0.6 is 0 Å². The van der Waals surface area contributed by atoms with E-state index in [2.05, 4.69) is 5.10 Å². The Balaban J connectivity index is 2.37. The third-order valence-corrected chi connectivity index (χ3v) is 3.61. The predicted molar refractivity (Wildman–Crippen MR) is 51.3 cm³/mol. The molecule has 7 heteroatoms. The molecule has 0 N–H and O–H groups in total. The molecule has 2 nitrogen and oxygen atoms in total. The van der Waals surface area contributed by atoms with Crippen molar-refractivity contribution in [1.82, 2.24) is 5.10 Å². The topological polar surface area (TPSA) is 16.8 Å². The van der Waals surface area contributed by atoms with Crippen molar-refractivity contribution in [2.24, 2.45) is 0 Å². The summed E-state index contributed by atoms with van der Waals surface area (Å²) in [4.78, 5) is 1.54. The standard InChI is InChI=1S/C8H6BF3N2Se/c10-9(11,12)14-13-8(6-15-14)7-4-2-1-3-5-7/h1-6H. The first-order valence-corrected chi connectivity index (χ1v) is 5.96. The fourth-order valence-electron chi connectivity index (χ4n) is 1.13. The van der Waals surface area contributed by atoms with Crippen LogP contribution in [0.3, 0.4) is 0 Å². The Morgan fingerprint density at radius 1 is 1.13 bits per heavy atom. The molecule has 2 rings (SSSR count). The molecule has 78 valence electrons. The summed E-state index contributed by atoms with van der Waals surface area (Å²) in [5.74, 6) is 0. The van der Waals surface area contributed by atoms with Crippen LogP contribution in [0.4, 0.5) is 12.9 Å². The van der Waals surface area contributed by atoms with Crippen LogP contribution in [-0.2, 0) is 0 Å². The second-order valence-corrected chi connectivity index (χ2v) is 4.64. The van der Waals surface area contributed by atoms with Gasteiger partial charge in [0.05, 0.1) is 0 Å². The number of rotatable bonds is 2. The van der Waals surface area contributed by atoms with Crippen LogP contribution in [0.1, 0.15) is 0 Å². The molecule has 0 spiro atoms. The van der Waals surface area contributed by atoms with Crippen LogP contribution in [0.15, 0.2) is 35.3 Å². The fraction of sp³-hybridized carbons (Fsp3) is 0. The molecule has 0 bridgehead atoms. The molecule has 0 saturated carbocycles. The predicted octanol–water partition coefficient (Wildman–Crippen LogP) is 1.29. The first kappa shape index (κ1) is 10.5. The summed E-state index contributed by atoms with van der Waals surface area (Å²) in [6.45, 7) is 0. The maximum atomic E-state index is 12.3. The van der Waals surface area contributed by atoms with Gasteiger partial charge >= 0.3 is 90.0 Å². The molecular weight excluding hydrogens is 271 g/mol. The molecule has 0 unspecified atom stereocenters. The van der Waals surface area contributed by atoms with Crippen molar-refractivity contribution >= 4 is 21.8 Å². The molecule has 0 radical (unpaired) electrons. The Bertz CT molecular complexity index is 454. The van der Waals surface area contributed by atoms with Crippen LogP contribution < -0.4 is 3.59 Å². The average molecular weight is 277 g/mol. The van der Waals surface area contributed by atoms with Crippen molar-refractivity contribution in [3.05, 3.63) is 35.3 Å². The van der Waals surface area contributed by atoms with Gasteiger partial charge in [0.25, 0.3) is 0 Å². The van der Waals surface area contributed by atoms with Gasteiger partial charge in [-0.3, -0.25) is 0 Å². The third kappa shape index (κ3) is 2.30. The van der Waals surface area contributed by atoms with Crippen molar-refractivity contribution < 1.29 is 16.5 Å². The van der Waals surface area contributed by atoms with E-state index in [4.69, 9.17) is 0 Å². The van der Waals surface area contributed by atoms with Gasteiger partial charge in [0, 0.05) is 0 Å². The van der Waals surface area contributed by atoms with Crippen molar-refractivity contribution in [1.29, 1.82) is 0 Å². The van der Waals surface area contributed by atoms with Crippen molar-refractivity contribution in [3.63, 3.8) is 0 Å². The third-order valence-electron chi connectivity index (χ3n) is 1.80. The van der Waals surface area contributed by atoms with E-state index in [0.717, 1.165) is 5.56 Å². The van der Waals surface area contributed by atoms with E-state index in [1.54, 1.807) is 24.3 Å². The average Bonchev–Trinajstić information content (AvgIpc) is 2.67. The van der Waals surface area contributed by atoms with E-state index in [1.807, 2.05) is 6.07 Å². The summed E-state index contributed by atoms with van der Waals surface area (Å²) in [6.07, 6.45) is 0. The molecule has 0 fully saturated rings. The van der Waals surface area contributed by atoms with E-state index in [9.17, 15) is 12.9 Å². The number of hydrogen-bond donors (Lipinski definition) is 0. The molecule has 0 aliphatic rings. The van der Waals surface area contributed by atoms with Crippen LogP contribution in [0.5, 0.6) is 0 Å². The Morgan fingerprint density at radius 2 is 1.80 bits per heavy atom. The van der Waals surface area contributed by atoms with Gasteiger partial charge in [-0.1, -0.05) is 0 Å². The summed E-state index contributed by atoms with van der Waals surface area (Å²) < 4.78 is 37.2. The van der Waals surface area contributed by atoms with Crippen molar-refractivity contribution in [3.8, 4) is 11.3 Å². The molecule has 2 aromatic rings. The summed E-state index contributed by atoms with van der Waals surface area (Å²) in [6, 6.07) is 8.87. The first-order chi connectivity index (χ1) is 7.07. The maximum absolute atomic E-state index is 12.3. The second-order valence-electron chi connectivity index (χ2n) is 2.92. The van der Waals surface area contributed by atoms with E-state index in [1.165, 1.54) is 4.94 Å². The Morgan fingerprint density at radius 3 is 2.33 bits per heavy atom. The Hall–Kier alpha value is -1.07. The number of aromatic nitrogens is 2. The number of benzene rings is 1. The van der Waals surface area contributed by atoms with Gasteiger partial charge in [0.1, 0.15) is 0 Å². The van der Waals surface area contributed by atoms with Gasteiger partial charge in [-0.2, -0.15) is 0 Å². The Labute approximate surface area is 90.4 Å². The molecular formula is C8H6BF3N2Se. The summed E-state index contributed by atoms with van der Waals surface area (Å²) in [5.41, 5.74) is 1.14. The first-order valence-electron chi connectivity index (χ1n) is 4.20. The minimum absolute atomic E-state index is 0.245. The SMILES string of the molecule is F[B-](F)(F)[n+]1nc(-c2ccccc2)c[se]1. The molecule has 1 heterocycles. The zero-order valence-electron chi connectivity index (χ0n) is 7.48. The quantitative estimate of drug-likeness (QED) is 0.756. The monoisotopic (exact) mass is 278 g/mol. The van der Waals surface area contributed by atoms with Gasteiger partial charge < -0.3 is 0 Å². The fourth-order valence-corrected chi connectivity index (χ4v) is 2.52. The minimum atomic E-state index is -4.99. The van der Waals surface area contributed by atoms with Gasteiger partial charge in [0.2, 0.25) is 0 Å². The summed E-state index contributed by atoms with van der Waals surface area (Å²) >= 11 is -0.747. The van der Waals surface area contributed by atoms with Gasteiger partial charge in [-0.05, 0) is 0 Å². The molecule has 0 aliphatic carbocycles. The van der Waals surface area contributed by atoms with Crippen molar-refractivity contribution in [2.45, 2.75) is 0 Å². The van der Waals surface area contributed by atoms with Crippen LogP contribution in [0.25, 0.3) is 11.3 Å². The zero-order valence-corrected chi connectivity index (χ0v) is 9.19. The van der Waals surface area contributed by atoms with Crippen molar-refractivity contribution in [2.75, 3.05) is 0 Å². The molecule has 0 atom stereocenters. The molecule has 1 aromatic carbocycles. The van der Waals surface area contributed by atoms with E-state index < -0.39 is 21.8 Å². The van der Waals surface area contributed by atoms with Crippen LogP contribution in [-0.4, -0.2) is 26.9 Å². The normalized spacial score (nSPS) is 11.7. The summed E-state index contributed by atoms with van der Waals surface area (Å²) in [5, 5.41) is 3.55. The molecule has 1 aromatic heterocycles. The molecule has 0 aliphatic heterocycles. The Kier molecular flexibility index (Phi) is 2.67. The van der Waals surface area contributed by atoms with E-state index in [-0.39, 0.29) is 3.59 Å². The summed E-state index contributed by atoms with van der Waals surface area (Å²) in [7, 11) is -4.99. The van der Waals surface area contributed by atoms with Gasteiger partial charge in [-0.15, -0.1) is 0 Å². The van der Waals surface area contributed by atoms with Gasteiger partial charge in [0.15, 0.2) is 0 Å². The molecule has 0 amide bonds. The molecule has 0 saturated heterocycles. The van der Waals surface area contributed by atoms with E-state index in [0.29, 0.717) is 5.69 Å². The zero-order chi connectivity index (χ0) is 10.9.